The van der Waals surface area contributed by atoms with E-state index in [-0.39, 0.29) is 38.5 Å². The molecule has 6 N–H and O–H groups in total. The van der Waals surface area contributed by atoms with E-state index in [4.69, 9.17) is 9.47 Å². The fourth-order valence-corrected chi connectivity index (χ4v) is 6.13. The van der Waals surface area contributed by atoms with Gasteiger partial charge < -0.3 is 9.47 Å². The average molecular weight is 739 g/mol. The van der Waals surface area contributed by atoms with Gasteiger partial charge in [0.1, 0.15) is 11.2 Å². The fraction of sp³-hybridized carbons (Fsp3) is 0.909. The second-order valence-electron chi connectivity index (χ2n) is 12.7. The summed E-state index contributed by atoms with van der Waals surface area (Å²) in [6.07, 6.45) is -0.710. The highest BCUT2D eigenvalue weighted by Gasteiger charge is 2.57. The minimum absolute atomic E-state index is 0.0613. The smallest absolute Gasteiger partial charge is 0.421 e. The van der Waals surface area contributed by atoms with Crippen molar-refractivity contribution in [1.29, 1.82) is 0 Å². The van der Waals surface area contributed by atoms with Gasteiger partial charge in [0, 0.05) is 38.5 Å². The molecule has 4 rings (SSSR count). The third-order valence-corrected chi connectivity index (χ3v) is 12.1. The Morgan fingerprint density at radius 1 is 0.622 bits per heavy atom. The zero-order valence-corrected chi connectivity index (χ0v) is 28.8. The number of rotatable bonds is 6. The molecule has 0 spiro atoms. The van der Waals surface area contributed by atoms with Crippen LogP contribution in [0.25, 0.3) is 0 Å². The minimum atomic E-state index is -4.25. The van der Waals surface area contributed by atoms with E-state index in [0.717, 1.165) is 0 Å². The Morgan fingerprint density at radius 2 is 0.911 bits per heavy atom. The van der Waals surface area contributed by atoms with Gasteiger partial charge in [-0.25, -0.2) is 76.2 Å². The van der Waals surface area contributed by atoms with Crippen molar-refractivity contribution in [3.05, 3.63) is 0 Å². The molecule has 4 aliphatic carbocycles. The van der Waals surface area contributed by atoms with Crippen molar-refractivity contribution in [2.75, 3.05) is 0 Å². The summed E-state index contributed by atoms with van der Waals surface area (Å²) in [5.41, 5.74) is -1.49. The lowest BCUT2D eigenvalue weighted by atomic mass is 10.2. The molecule has 266 valence electrons. The van der Waals surface area contributed by atoms with Gasteiger partial charge in [0.05, 0.1) is 5.25 Å². The van der Waals surface area contributed by atoms with Crippen LogP contribution in [-0.4, -0.2) is 77.3 Å². The molecule has 0 bridgehead atoms. The van der Waals surface area contributed by atoms with Gasteiger partial charge in [-0.1, -0.05) is 0 Å². The van der Waals surface area contributed by atoms with Crippen LogP contribution in [0, 0.1) is 0 Å². The quantitative estimate of drug-likeness (QED) is 0.304. The van der Waals surface area contributed by atoms with E-state index in [1.165, 1.54) is 0 Å². The van der Waals surface area contributed by atoms with Crippen molar-refractivity contribution in [3.63, 3.8) is 0 Å². The summed E-state index contributed by atoms with van der Waals surface area (Å²) in [5, 5.41) is 2.12. The number of carbonyl (C=O) groups excluding carboxylic acids is 2. The molecule has 23 heteroatoms. The monoisotopic (exact) mass is 738 g/mol. The van der Waals surface area contributed by atoms with Crippen LogP contribution in [-0.2, 0) is 49.6 Å². The minimum Gasteiger partial charge on any atom is -0.443 e. The highest BCUT2D eigenvalue weighted by molar-refractivity contribution is 7.91. The standard InChI is InChI=1S/C8H14FNO4S.C8H15NO4S.2C3H6FNO2S/c1-7(2,3)14-6(11)10-15(12,13)8(9)4-5-8;1-8(2,3)13-7(10)9-14(11,12)6-4-5-6;2*4-3(1-2-3)8(5,6)7/h4-5H2,1-3H3,(H,10,11);6H,4-5H2,1-3H3,(H,9,10);2*1-2H2,(H2,5,6,7). The topological polar surface area (TPSA) is 265 Å². The molecule has 16 nitrogen and oxygen atoms in total. The zero-order chi connectivity index (χ0) is 35.7. The Kier molecular flexibility index (Phi) is 12.1. The van der Waals surface area contributed by atoms with Crippen molar-refractivity contribution in [2.45, 2.75) is 124 Å². The molecule has 0 aromatic rings. The number of nitrogens with one attached hydrogen (secondary N) is 2. The summed E-state index contributed by atoms with van der Waals surface area (Å²) < 4.78 is 136. The molecule has 4 aliphatic rings. The molecule has 4 saturated carbocycles. The first kappa shape index (κ1) is 41.1. The molecule has 0 saturated heterocycles. The highest BCUT2D eigenvalue weighted by atomic mass is 32.2. The largest absolute Gasteiger partial charge is 0.443 e. The van der Waals surface area contributed by atoms with E-state index in [1.54, 1.807) is 46.3 Å². The lowest BCUT2D eigenvalue weighted by Crippen LogP contribution is -2.40. The summed E-state index contributed by atoms with van der Waals surface area (Å²) in [5.74, 6) is 0. The molecule has 0 radical (unpaired) electrons. The number of ether oxygens (including phenoxy) is 2. The van der Waals surface area contributed by atoms with Gasteiger partial charge in [-0.2, -0.15) is 0 Å². The maximum absolute atomic E-state index is 13.2. The second kappa shape index (κ2) is 13.3. The number of primary sulfonamides is 2. The molecule has 0 atom stereocenters. The molecule has 4 fully saturated rings. The van der Waals surface area contributed by atoms with Gasteiger partial charge in [-0.05, 0) is 54.4 Å². The highest BCUT2D eigenvalue weighted by Crippen LogP contribution is 2.44. The summed E-state index contributed by atoms with van der Waals surface area (Å²) >= 11 is 0. The van der Waals surface area contributed by atoms with Gasteiger partial charge in [0.25, 0.3) is 10.0 Å². The van der Waals surface area contributed by atoms with Gasteiger partial charge >= 0.3 is 12.2 Å². The van der Waals surface area contributed by atoms with E-state index in [9.17, 15) is 56.4 Å². The third-order valence-electron chi connectivity index (χ3n) is 5.64. The summed E-state index contributed by atoms with van der Waals surface area (Å²) in [4.78, 5) is 22.2. The zero-order valence-electron chi connectivity index (χ0n) is 25.6. The summed E-state index contributed by atoms with van der Waals surface area (Å²) in [6.45, 7) is 9.79. The first-order valence-corrected chi connectivity index (χ1v) is 19.4. The fourth-order valence-electron chi connectivity index (χ4n) is 2.51. The number of sulfonamides is 4. The van der Waals surface area contributed by atoms with Crippen molar-refractivity contribution in [1.82, 2.24) is 9.44 Å². The normalized spacial score (nSPS) is 21.0. The van der Waals surface area contributed by atoms with Crippen LogP contribution in [0.5, 0.6) is 0 Å². The number of carbonyl (C=O) groups is 2. The second-order valence-corrected chi connectivity index (χ2v) is 20.2. The first-order chi connectivity index (χ1) is 19.7. The number of halogens is 3. The Morgan fingerprint density at radius 3 is 1.11 bits per heavy atom. The van der Waals surface area contributed by atoms with Crippen LogP contribution in [0.2, 0.25) is 0 Å². The van der Waals surface area contributed by atoms with Crippen LogP contribution >= 0.6 is 0 Å². The third kappa shape index (κ3) is 14.1. The van der Waals surface area contributed by atoms with E-state index >= 15 is 0 Å². The lowest BCUT2D eigenvalue weighted by Gasteiger charge is -2.20. The lowest BCUT2D eigenvalue weighted by molar-refractivity contribution is 0.0556. The maximum Gasteiger partial charge on any atom is 0.421 e. The Balaban J connectivity index is 0.000000311. The molecule has 0 aliphatic heterocycles. The number of nitrogens with two attached hydrogens (primary N) is 2. The predicted molar refractivity (Wildman–Crippen MR) is 155 cm³/mol. The first-order valence-electron chi connectivity index (χ1n) is 13.3. The van der Waals surface area contributed by atoms with Crippen molar-refractivity contribution < 1.29 is 65.9 Å². The number of hydrogen-bond acceptors (Lipinski definition) is 12. The van der Waals surface area contributed by atoms with Gasteiger partial charge in [0.2, 0.25) is 45.1 Å². The summed E-state index contributed by atoms with van der Waals surface area (Å²) in [6, 6.07) is 0. The van der Waals surface area contributed by atoms with Crippen molar-refractivity contribution in [3.8, 4) is 0 Å². The Hall–Kier alpha value is -1.95. The van der Waals surface area contributed by atoms with E-state index in [2.05, 4.69) is 10.3 Å². The number of amides is 2. The molecular formula is C22H41F3N4O12S4. The Bertz CT molecular complexity index is 1490. The van der Waals surface area contributed by atoms with Crippen molar-refractivity contribution >= 4 is 52.3 Å². The molecule has 45 heavy (non-hydrogen) atoms. The molecular weight excluding hydrogens is 698 g/mol. The van der Waals surface area contributed by atoms with Gasteiger partial charge in [-0.3, -0.25) is 0 Å². The molecule has 0 unspecified atom stereocenters. The van der Waals surface area contributed by atoms with Crippen LogP contribution in [0.4, 0.5) is 22.8 Å². The van der Waals surface area contributed by atoms with Crippen molar-refractivity contribution in [2.24, 2.45) is 10.3 Å². The van der Waals surface area contributed by atoms with Crippen LogP contribution < -0.4 is 19.7 Å². The maximum atomic E-state index is 13.2. The molecule has 0 heterocycles. The average Bonchev–Trinajstić information content (AvgIpc) is 3.54. The van der Waals surface area contributed by atoms with Crippen LogP contribution in [0.3, 0.4) is 0 Å². The van der Waals surface area contributed by atoms with Gasteiger partial charge in [0.15, 0.2) is 0 Å². The summed E-state index contributed by atoms with van der Waals surface area (Å²) in [7, 11) is -15.5. The van der Waals surface area contributed by atoms with Crippen LogP contribution in [0.15, 0.2) is 0 Å². The van der Waals surface area contributed by atoms with E-state index in [1.807, 2.05) is 4.72 Å². The Labute approximate surface area is 261 Å². The number of hydrogen-bond donors (Lipinski definition) is 4. The SMILES string of the molecule is CC(C)(C)OC(=O)NS(=O)(=O)C1(F)CC1.CC(C)(C)OC(=O)NS(=O)(=O)C1CC1.NS(=O)(=O)C1(F)CC1.NS(=O)(=O)C1(F)CC1. The molecule has 0 aromatic carbocycles. The van der Waals surface area contributed by atoms with Crippen LogP contribution in [0.1, 0.15) is 92.9 Å². The van der Waals surface area contributed by atoms with E-state index < -0.39 is 83.7 Å². The van der Waals surface area contributed by atoms with Gasteiger partial charge in [-0.15, -0.1) is 0 Å². The van der Waals surface area contributed by atoms with E-state index in [0.29, 0.717) is 12.8 Å². The predicted octanol–water partition coefficient (Wildman–Crippen LogP) is 1.77. The number of alkyl halides is 3. The molecule has 2 amide bonds. The molecule has 0 aromatic heterocycles.